The Labute approximate surface area is 216 Å². The Kier molecular flexibility index (Phi) is 6.60. The Morgan fingerprint density at radius 1 is 1.29 bits per heavy atom. The third kappa shape index (κ3) is 4.38. The molecule has 0 saturated carbocycles. The van der Waals surface area contributed by atoms with E-state index in [1.54, 1.807) is 49.4 Å². The second-order valence-corrected chi connectivity index (χ2v) is 9.92. The van der Waals surface area contributed by atoms with Crippen molar-refractivity contribution in [2.24, 2.45) is 0 Å². The summed E-state index contributed by atoms with van der Waals surface area (Å²) in [5.74, 6) is -1.18. The van der Waals surface area contributed by atoms with Gasteiger partial charge in [-0.05, 0) is 57.3 Å². The van der Waals surface area contributed by atoms with Gasteiger partial charge in [-0.3, -0.25) is 14.5 Å². The monoisotopic (exact) mass is 527 g/mol. The van der Waals surface area contributed by atoms with Gasteiger partial charge in [-0.25, -0.2) is 14.2 Å². The SMILES string of the molecule is [C-]#[N+]c1ccc(N2C(=O)C(C)(C)N(c3ccc(CNC(=O)c4scnc4C)c(F)c3)C2=S)cc1Cl. The largest absolute Gasteiger partial charge is 0.347 e. The molecule has 1 aromatic heterocycles. The molecule has 0 spiro atoms. The van der Waals surface area contributed by atoms with Crippen molar-refractivity contribution in [3.05, 3.63) is 80.3 Å². The first-order chi connectivity index (χ1) is 16.6. The van der Waals surface area contributed by atoms with Gasteiger partial charge in [0.2, 0.25) is 5.69 Å². The van der Waals surface area contributed by atoms with Gasteiger partial charge in [-0.1, -0.05) is 23.7 Å². The molecular formula is C24H19ClFN5O2S2. The second-order valence-electron chi connectivity index (χ2n) is 8.29. The summed E-state index contributed by atoms with van der Waals surface area (Å²) in [6.07, 6.45) is 0. The number of hydrogen-bond donors (Lipinski definition) is 1. The van der Waals surface area contributed by atoms with Crippen molar-refractivity contribution in [3.63, 3.8) is 0 Å². The summed E-state index contributed by atoms with van der Waals surface area (Å²) in [5, 5.41) is 3.07. The van der Waals surface area contributed by atoms with Crippen molar-refractivity contribution in [2.45, 2.75) is 32.9 Å². The maximum atomic E-state index is 15.0. The maximum Gasteiger partial charge on any atom is 0.263 e. The van der Waals surface area contributed by atoms with E-state index < -0.39 is 11.4 Å². The molecule has 0 atom stereocenters. The van der Waals surface area contributed by atoms with Gasteiger partial charge < -0.3 is 10.2 Å². The summed E-state index contributed by atoms with van der Waals surface area (Å²) in [4.78, 5) is 36.4. The van der Waals surface area contributed by atoms with Crippen LogP contribution in [0.2, 0.25) is 5.02 Å². The molecule has 4 rings (SSSR count). The molecule has 2 amide bonds. The molecule has 0 radical (unpaired) electrons. The summed E-state index contributed by atoms with van der Waals surface area (Å²) >= 11 is 13.0. The average molecular weight is 528 g/mol. The Morgan fingerprint density at radius 3 is 2.60 bits per heavy atom. The molecule has 0 bridgehead atoms. The van der Waals surface area contributed by atoms with Crippen LogP contribution < -0.4 is 15.1 Å². The first kappa shape index (κ1) is 24.7. The van der Waals surface area contributed by atoms with E-state index in [0.29, 0.717) is 21.9 Å². The van der Waals surface area contributed by atoms with E-state index in [-0.39, 0.29) is 39.7 Å². The summed E-state index contributed by atoms with van der Waals surface area (Å²) in [7, 11) is 0. The molecule has 178 valence electrons. The van der Waals surface area contributed by atoms with E-state index in [1.807, 2.05) is 0 Å². The average Bonchev–Trinajstić information content (AvgIpc) is 3.31. The molecule has 7 nitrogen and oxygen atoms in total. The lowest BCUT2D eigenvalue weighted by Crippen LogP contribution is -2.44. The van der Waals surface area contributed by atoms with Crippen molar-refractivity contribution in [1.82, 2.24) is 10.3 Å². The van der Waals surface area contributed by atoms with E-state index in [0.717, 1.165) is 0 Å². The van der Waals surface area contributed by atoms with Crippen LogP contribution in [0.25, 0.3) is 4.85 Å². The van der Waals surface area contributed by atoms with Gasteiger partial charge in [-0.2, -0.15) is 0 Å². The van der Waals surface area contributed by atoms with Gasteiger partial charge in [0.25, 0.3) is 11.8 Å². The van der Waals surface area contributed by atoms with Crippen LogP contribution in [0.4, 0.5) is 21.5 Å². The number of nitrogens with one attached hydrogen (secondary N) is 1. The summed E-state index contributed by atoms with van der Waals surface area (Å²) in [6.45, 7) is 12.3. The molecule has 2 aromatic carbocycles. The van der Waals surface area contributed by atoms with Crippen molar-refractivity contribution < 1.29 is 14.0 Å². The fraction of sp³-hybridized carbons (Fsp3) is 0.208. The number of halogens is 2. The lowest BCUT2D eigenvalue weighted by Gasteiger charge is -2.29. The topological polar surface area (TPSA) is 69.9 Å². The van der Waals surface area contributed by atoms with Gasteiger partial charge >= 0.3 is 0 Å². The summed E-state index contributed by atoms with van der Waals surface area (Å²) in [5.41, 5.74) is 2.46. The Bertz CT molecular complexity index is 1420. The van der Waals surface area contributed by atoms with E-state index >= 15 is 4.39 Å². The van der Waals surface area contributed by atoms with Crippen molar-refractivity contribution >= 4 is 69.1 Å². The van der Waals surface area contributed by atoms with Crippen LogP contribution in [-0.4, -0.2) is 27.4 Å². The van der Waals surface area contributed by atoms with Gasteiger partial charge in [0, 0.05) is 22.8 Å². The Hall–Kier alpha value is -3.39. The van der Waals surface area contributed by atoms with Crippen LogP contribution in [0.15, 0.2) is 41.9 Å². The number of thiocarbonyl (C=S) groups is 1. The Morgan fingerprint density at radius 2 is 2.00 bits per heavy atom. The van der Waals surface area contributed by atoms with Crippen molar-refractivity contribution in [2.75, 3.05) is 9.80 Å². The zero-order valence-electron chi connectivity index (χ0n) is 18.9. The molecule has 1 aliphatic rings. The molecular weight excluding hydrogens is 509 g/mol. The minimum Gasteiger partial charge on any atom is -0.347 e. The molecule has 2 heterocycles. The number of benzene rings is 2. The number of anilines is 2. The smallest absolute Gasteiger partial charge is 0.263 e. The van der Waals surface area contributed by atoms with E-state index in [2.05, 4.69) is 15.1 Å². The fourth-order valence-electron chi connectivity index (χ4n) is 3.78. The molecule has 0 unspecified atom stereocenters. The number of amides is 2. The molecule has 1 aliphatic heterocycles. The highest BCUT2D eigenvalue weighted by molar-refractivity contribution is 7.81. The van der Waals surface area contributed by atoms with Crippen LogP contribution in [0.1, 0.15) is 34.8 Å². The fourth-order valence-corrected chi connectivity index (χ4v) is 5.23. The van der Waals surface area contributed by atoms with Crippen LogP contribution in [-0.2, 0) is 11.3 Å². The lowest BCUT2D eigenvalue weighted by atomic mass is 10.0. The number of carbonyl (C=O) groups is 2. The Balaban J connectivity index is 1.59. The highest BCUT2D eigenvalue weighted by atomic mass is 35.5. The second kappa shape index (κ2) is 9.34. The van der Waals surface area contributed by atoms with E-state index in [9.17, 15) is 9.59 Å². The quantitative estimate of drug-likeness (QED) is 0.343. The third-order valence-corrected chi connectivity index (χ3v) is 7.26. The number of hydrogen-bond acceptors (Lipinski definition) is 5. The standard InChI is InChI=1S/C24H19ClFN5O2S2/c1-13-20(35-12-29-13)21(32)28-11-14-5-6-16(10-18(14)26)31-23(34)30(22(33)24(31,2)3)15-7-8-19(27-4)17(25)9-15/h5-10,12H,11H2,1-3H3,(H,28,32). The normalized spacial score (nSPS) is 14.9. The summed E-state index contributed by atoms with van der Waals surface area (Å²) in [6, 6.07) is 9.13. The number of carbonyl (C=O) groups excluding carboxylic acids is 2. The van der Waals surface area contributed by atoms with E-state index in [4.69, 9.17) is 30.4 Å². The number of aryl methyl sites for hydroxylation is 1. The third-order valence-electron chi connectivity index (χ3n) is 5.66. The predicted octanol–water partition coefficient (Wildman–Crippen LogP) is 5.64. The van der Waals surface area contributed by atoms with Crippen LogP contribution in [0.5, 0.6) is 0 Å². The number of nitrogens with zero attached hydrogens (tertiary/aromatic N) is 4. The van der Waals surface area contributed by atoms with Crippen LogP contribution in [0.3, 0.4) is 0 Å². The summed E-state index contributed by atoms with van der Waals surface area (Å²) < 4.78 is 15.0. The molecule has 35 heavy (non-hydrogen) atoms. The van der Waals surface area contributed by atoms with Crippen molar-refractivity contribution in [3.8, 4) is 0 Å². The van der Waals surface area contributed by atoms with Crippen LogP contribution >= 0.6 is 35.2 Å². The van der Waals surface area contributed by atoms with Gasteiger partial charge in [0.05, 0.1) is 23.5 Å². The molecule has 1 N–H and O–H groups in total. The molecule has 1 fully saturated rings. The van der Waals surface area contributed by atoms with Gasteiger partial charge in [-0.15, -0.1) is 11.3 Å². The first-order valence-corrected chi connectivity index (χ1v) is 12.0. The predicted molar refractivity (Wildman–Crippen MR) is 139 cm³/mol. The first-order valence-electron chi connectivity index (χ1n) is 10.4. The maximum absolute atomic E-state index is 15.0. The number of thiazole rings is 1. The molecule has 3 aromatic rings. The highest BCUT2D eigenvalue weighted by Gasteiger charge is 2.50. The highest BCUT2D eigenvalue weighted by Crippen LogP contribution is 2.39. The number of aromatic nitrogens is 1. The lowest BCUT2D eigenvalue weighted by molar-refractivity contribution is -0.120. The van der Waals surface area contributed by atoms with Crippen LogP contribution in [0, 0.1) is 19.3 Å². The zero-order chi connectivity index (χ0) is 25.5. The minimum absolute atomic E-state index is 0.00686. The van der Waals surface area contributed by atoms with Gasteiger partial charge in [0.15, 0.2) is 5.11 Å². The van der Waals surface area contributed by atoms with E-state index in [1.165, 1.54) is 34.4 Å². The number of rotatable bonds is 5. The minimum atomic E-state index is -1.10. The van der Waals surface area contributed by atoms with Crippen molar-refractivity contribution in [1.29, 1.82) is 0 Å². The zero-order valence-corrected chi connectivity index (χ0v) is 21.3. The molecule has 0 aliphatic carbocycles. The molecule has 11 heteroatoms. The van der Waals surface area contributed by atoms with Gasteiger partial charge in [0.1, 0.15) is 16.2 Å². The molecule has 1 saturated heterocycles.